The van der Waals surface area contributed by atoms with Crippen LogP contribution in [0, 0.1) is 5.92 Å². The van der Waals surface area contributed by atoms with Crippen molar-refractivity contribution in [2.75, 3.05) is 19.6 Å². The molecular formula is C12H26N2. The molecule has 0 aromatic heterocycles. The molecule has 1 aliphatic rings. The Bertz CT molecular complexity index is 160. The average molecular weight is 198 g/mol. The van der Waals surface area contributed by atoms with E-state index in [1.54, 1.807) is 0 Å². The van der Waals surface area contributed by atoms with Gasteiger partial charge in [0.25, 0.3) is 0 Å². The predicted octanol–water partition coefficient (Wildman–Crippen LogP) is 2.24. The first-order valence-corrected chi connectivity index (χ1v) is 6.11. The number of nitrogens with two attached hydrogens (primary N) is 1. The van der Waals surface area contributed by atoms with E-state index in [9.17, 15) is 0 Å². The van der Waals surface area contributed by atoms with Crippen LogP contribution in [0.4, 0.5) is 0 Å². The lowest BCUT2D eigenvalue weighted by Crippen LogP contribution is -2.51. The van der Waals surface area contributed by atoms with Crippen molar-refractivity contribution in [2.45, 2.75) is 52.0 Å². The van der Waals surface area contributed by atoms with Crippen molar-refractivity contribution in [3.8, 4) is 0 Å². The van der Waals surface area contributed by atoms with Crippen LogP contribution >= 0.6 is 0 Å². The number of likely N-dealkylation sites (N-methyl/N-ethyl adjacent to an activating group) is 1. The molecule has 2 N–H and O–H groups in total. The number of hydrogen-bond acceptors (Lipinski definition) is 2. The summed E-state index contributed by atoms with van der Waals surface area (Å²) in [6.07, 6.45) is 5.46. The molecule has 1 fully saturated rings. The quantitative estimate of drug-likeness (QED) is 0.680. The van der Waals surface area contributed by atoms with Crippen LogP contribution in [0.5, 0.6) is 0 Å². The van der Waals surface area contributed by atoms with Gasteiger partial charge >= 0.3 is 0 Å². The standard InChI is InChI=1S/C12H26N2/c1-4-12(3,10-13)14(5-2)9-8-11-6-7-11/h11H,4-10,13H2,1-3H3. The molecule has 0 aromatic carbocycles. The van der Waals surface area contributed by atoms with Crippen LogP contribution in [-0.2, 0) is 0 Å². The Labute approximate surface area is 88.8 Å². The van der Waals surface area contributed by atoms with Gasteiger partial charge in [-0.2, -0.15) is 0 Å². The summed E-state index contributed by atoms with van der Waals surface area (Å²) < 4.78 is 0. The largest absolute Gasteiger partial charge is 0.329 e. The van der Waals surface area contributed by atoms with Crippen LogP contribution in [0.25, 0.3) is 0 Å². The van der Waals surface area contributed by atoms with E-state index in [0.717, 1.165) is 25.4 Å². The van der Waals surface area contributed by atoms with Crippen molar-refractivity contribution in [1.29, 1.82) is 0 Å². The summed E-state index contributed by atoms with van der Waals surface area (Å²) in [6, 6.07) is 0. The Morgan fingerprint density at radius 2 is 2.00 bits per heavy atom. The summed E-state index contributed by atoms with van der Waals surface area (Å²) in [5, 5.41) is 0. The van der Waals surface area contributed by atoms with Crippen LogP contribution in [0.15, 0.2) is 0 Å². The number of nitrogens with zero attached hydrogens (tertiary/aromatic N) is 1. The number of hydrogen-bond donors (Lipinski definition) is 1. The lowest BCUT2D eigenvalue weighted by atomic mass is 9.96. The molecule has 1 aliphatic carbocycles. The van der Waals surface area contributed by atoms with Gasteiger partial charge < -0.3 is 5.73 Å². The lowest BCUT2D eigenvalue weighted by molar-refractivity contribution is 0.109. The van der Waals surface area contributed by atoms with Crippen molar-refractivity contribution in [3.63, 3.8) is 0 Å². The molecule has 0 aromatic rings. The molecule has 2 nitrogen and oxygen atoms in total. The maximum Gasteiger partial charge on any atom is 0.0300 e. The summed E-state index contributed by atoms with van der Waals surface area (Å²) >= 11 is 0. The predicted molar refractivity (Wildman–Crippen MR) is 62.3 cm³/mol. The molecule has 1 atom stereocenters. The maximum atomic E-state index is 5.87. The highest BCUT2D eigenvalue weighted by atomic mass is 15.2. The first-order chi connectivity index (χ1) is 6.66. The molecule has 1 unspecified atom stereocenters. The molecule has 1 rings (SSSR count). The Kier molecular flexibility index (Phi) is 4.39. The molecule has 2 heteroatoms. The molecular weight excluding hydrogens is 172 g/mol. The van der Waals surface area contributed by atoms with E-state index in [1.807, 2.05) is 0 Å². The SMILES string of the molecule is CCN(CCC1CC1)C(C)(CC)CN. The van der Waals surface area contributed by atoms with Gasteiger partial charge in [-0.3, -0.25) is 4.90 Å². The van der Waals surface area contributed by atoms with Crippen molar-refractivity contribution in [1.82, 2.24) is 4.90 Å². The molecule has 1 saturated carbocycles. The second kappa shape index (κ2) is 5.13. The second-order valence-corrected chi connectivity index (χ2v) is 4.87. The third kappa shape index (κ3) is 2.96. The van der Waals surface area contributed by atoms with E-state index in [2.05, 4.69) is 25.7 Å². The molecule has 14 heavy (non-hydrogen) atoms. The van der Waals surface area contributed by atoms with E-state index in [0.29, 0.717) is 0 Å². The third-order valence-corrected chi connectivity index (χ3v) is 3.85. The van der Waals surface area contributed by atoms with Crippen molar-refractivity contribution in [2.24, 2.45) is 11.7 Å². The van der Waals surface area contributed by atoms with Gasteiger partial charge in [-0.05, 0) is 38.8 Å². The fourth-order valence-corrected chi connectivity index (χ4v) is 2.05. The minimum Gasteiger partial charge on any atom is -0.329 e. The maximum absolute atomic E-state index is 5.87. The van der Waals surface area contributed by atoms with Gasteiger partial charge in [0.05, 0.1) is 0 Å². The molecule has 0 heterocycles. The number of rotatable bonds is 7. The molecule has 0 aliphatic heterocycles. The fourth-order valence-electron chi connectivity index (χ4n) is 2.05. The summed E-state index contributed by atoms with van der Waals surface area (Å²) in [5.41, 5.74) is 6.10. The molecule has 0 radical (unpaired) electrons. The third-order valence-electron chi connectivity index (χ3n) is 3.85. The zero-order valence-electron chi connectivity index (χ0n) is 10.1. The Hall–Kier alpha value is -0.0800. The van der Waals surface area contributed by atoms with Crippen molar-refractivity contribution in [3.05, 3.63) is 0 Å². The van der Waals surface area contributed by atoms with E-state index in [4.69, 9.17) is 5.73 Å². The lowest BCUT2D eigenvalue weighted by Gasteiger charge is -2.39. The summed E-state index contributed by atoms with van der Waals surface area (Å²) in [5.74, 6) is 1.03. The zero-order chi connectivity index (χ0) is 10.6. The Morgan fingerprint density at radius 3 is 2.36 bits per heavy atom. The highest BCUT2D eigenvalue weighted by molar-refractivity contribution is 4.86. The minimum absolute atomic E-state index is 0.226. The van der Waals surface area contributed by atoms with E-state index < -0.39 is 0 Å². The molecule has 0 bridgehead atoms. The van der Waals surface area contributed by atoms with Gasteiger partial charge in [0.2, 0.25) is 0 Å². The van der Waals surface area contributed by atoms with Crippen molar-refractivity contribution >= 4 is 0 Å². The highest BCUT2D eigenvalue weighted by Crippen LogP contribution is 2.33. The van der Waals surface area contributed by atoms with Crippen LogP contribution in [-0.4, -0.2) is 30.1 Å². The normalized spacial score (nSPS) is 21.2. The smallest absolute Gasteiger partial charge is 0.0300 e. The van der Waals surface area contributed by atoms with Gasteiger partial charge in [-0.1, -0.05) is 26.7 Å². The molecule has 0 amide bonds. The monoisotopic (exact) mass is 198 g/mol. The topological polar surface area (TPSA) is 29.3 Å². The van der Waals surface area contributed by atoms with Crippen LogP contribution in [0.3, 0.4) is 0 Å². The van der Waals surface area contributed by atoms with Gasteiger partial charge in [-0.25, -0.2) is 0 Å². The highest BCUT2D eigenvalue weighted by Gasteiger charge is 2.29. The first-order valence-electron chi connectivity index (χ1n) is 6.11. The molecule has 0 saturated heterocycles. The van der Waals surface area contributed by atoms with Gasteiger partial charge in [0.1, 0.15) is 0 Å². The van der Waals surface area contributed by atoms with E-state index in [1.165, 1.54) is 25.8 Å². The summed E-state index contributed by atoms with van der Waals surface area (Å²) in [4.78, 5) is 2.56. The first kappa shape index (κ1) is 12.0. The summed E-state index contributed by atoms with van der Waals surface area (Å²) in [7, 11) is 0. The second-order valence-electron chi connectivity index (χ2n) is 4.87. The molecule has 84 valence electrons. The molecule has 0 spiro atoms. The minimum atomic E-state index is 0.226. The van der Waals surface area contributed by atoms with Crippen LogP contribution < -0.4 is 5.73 Å². The fraction of sp³-hybridized carbons (Fsp3) is 1.00. The van der Waals surface area contributed by atoms with Gasteiger partial charge in [-0.15, -0.1) is 0 Å². The average Bonchev–Trinajstić information content (AvgIpc) is 3.02. The van der Waals surface area contributed by atoms with Gasteiger partial charge in [0, 0.05) is 12.1 Å². The van der Waals surface area contributed by atoms with E-state index >= 15 is 0 Å². The Balaban J connectivity index is 2.39. The van der Waals surface area contributed by atoms with Crippen molar-refractivity contribution < 1.29 is 0 Å². The zero-order valence-corrected chi connectivity index (χ0v) is 10.1. The van der Waals surface area contributed by atoms with Crippen LogP contribution in [0.2, 0.25) is 0 Å². The summed E-state index contributed by atoms with van der Waals surface area (Å²) in [6.45, 7) is 9.94. The van der Waals surface area contributed by atoms with Crippen LogP contribution in [0.1, 0.15) is 46.5 Å². The van der Waals surface area contributed by atoms with Gasteiger partial charge in [0.15, 0.2) is 0 Å². The van der Waals surface area contributed by atoms with E-state index in [-0.39, 0.29) is 5.54 Å². The Morgan fingerprint density at radius 1 is 1.36 bits per heavy atom.